The molecular weight excluding hydrogens is 591 g/mol. The van der Waals surface area contributed by atoms with Crippen LogP contribution in [0.1, 0.15) is 23.6 Å². The molecular formula is C29H23BrF3N3O4. The molecule has 40 heavy (non-hydrogen) atoms. The van der Waals surface area contributed by atoms with Crippen molar-refractivity contribution in [3.05, 3.63) is 100 Å². The minimum Gasteiger partial charge on any atom is -0.490 e. The molecule has 0 saturated carbocycles. The standard InChI is InChI=1S/C29H23BrF3N3O4/c1-2-39-25-15-18(14-24(30)26(25)40-17-20-8-5-7-19-6-3-4-9-23(19)20)16-34-36-28(38)27(37)35-22-12-10-21(11-13-22)29(31,32)33/h3-16H,2,17H2,1H3,(H,35,37)(H,36,38). The van der Waals surface area contributed by atoms with Gasteiger partial charge in [-0.3, -0.25) is 9.59 Å². The van der Waals surface area contributed by atoms with Gasteiger partial charge >= 0.3 is 18.0 Å². The number of ether oxygens (including phenoxy) is 2. The van der Waals surface area contributed by atoms with Gasteiger partial charge in [-0.15, -0.1) is 0 Å². The highest BCUT2D eigenvalue weighted by Gasteiger charge is 2.30. The molecule has 0 fully saturated rings. The van der Waals surface area contributed by atoms with Gasteiger partial charge in [-0.2, -0.15) is 18.3 Å². The van der Waals surface area contributed by atoms with Gasteiger partial charge in [0, 0.05) is 5.69 Å². The molecule has 0 radical (unpaired) electrons. The molecule has 0 atom stereocenters. The van der Waals surface area contributed by atoms with Crippen LogP contribution in [0.2, 0.25) is 0 Å². The summed E-state index contributed by atoms with van der Waals surface area (Å²) in [5, 5.41) is 8.20. The Morgan fingerprint density at radius 1 is 0.950 bits per heavy atom. The fourth-order valence-electron chi connectivity index (χ4n) is 3.78. The quantitative estimate of drug-likeness (QED) is 0.132. The number of benzene rings is 4. The Bertz CT molecular complexity index is 1550. The molecule has 0 aliphatic heterocycles. The molecule has 4 aromatic rings. The number of carbonyl (C=O) groups is 2. The summed E-state index contributed by atoms with van der Waals surface area (Å²) in [6.45, 7) is 2.51. The number of nitrogens with zero attached hydrogens (tertiary/aromatic N) is 1. The Hall–Kier alpha value is -4.38. The van der Waals surface area contributed by atoms with E-state index in [1.165, 1.54) is 6.21 Å². The highest BCUT2D eigenvalue weighted by Crippen LogP contribution is 2.37. The van der Waals surface area contributed by atoms with E-state index in [-0.39, 0.29) is 5.69 Å². The smallest absolute Gasteiger partial charge is 0.416 e. The van der Waals surface area contributed by atoms with E-state index in [1.807, 2.05) is 49.4 Å². The van der Waals surface area contributed by atoms with E-state index in [2.05, 4.69) is 31.8 Å². The number of fused-ring (bicyclic) bond motifs is 1. The number of hydrazone groups is 1. The van der Waals surface area contributed by atoms with E-state index in [1.54, 1.807) is 12.1 Å². The maximum atomic E-state index is 12.7. The van der Waals surface area contributed by atoms with Gasteiger partial charge in [0.05, 0.1) is 22.9 Å². The van der Waals surface area contributed by atoms with Crippen molar-refractivity contribution in [1.82, 2.24) is 5.43 Å². The molecule has 0 aliphatic carbocycles. The molecule has 0 saturated heterocycles. The maximum Gasteiger partial charge on any atom is 0.416 e. The monoisotopic (exact) mass is 613 g/mol. The van der Waals surface area contributed by atoms with Crippen molar-refractivity contribution < 1.29 is 32.2 Å². The fourth-order valence-corrected chi connectivity index (χ4v) is 4.35. The SMILES string of the molecule is CCOc1cc(C=NNC(=O)C(=O)Nc2ccc(C(F)(F)F)cc2)cc(Br)c1OCc1cccc2ccccc12. The number of alkyl halides is 3. The molecule has 0 heterocycles. The molecule has 2 amide bonds. The van der Waals surface area contributed by atoms with Crippen LogP contribution >= 0.6 is 15.9 Å². The van der Waals surface area contributed by atoms with E-state index in [9.17, 15) is 22.8 Å². The number of hydrogen-bond donors (Lipinski definition) is 2. The first-order valence-electron chi connectivity index (χ1n) is 12.0. The Balaban J connectivity index is 1.40. The van der Waals surface area contributed by atoms with E-state index in [4.69, 9.17) is 9.47 Å². The van der Waals surface area contributed by atoms with Gasteiger partial charge in [-0.1, -0.05) is 42.5 Å². The van der Waals surface area contributed by atoms with Gasteiger partial charge in [0.15, 0.2) is 11.5 Å². The molecule has 4 aromatic carbocycles. The minimum absolute atomic E-state index is 0.0292. The number of halogens is 4. The van der Waals surface area contributed by atoms with Gasteiger partial charge in [0.1, 0.15) is 6.61 Å². The summed E-state index contributed by atoms with van der Waals surface area (Å²) in [5.41, 5.74) is 2.79. The second kappa shape index (κ2) is 12.6. The number of carbonyl (C=O) groups excluding carboxylic acids is 2. The summed E-state index contributed by atoms with van der Waals surface area (Å²) in [4.78, 5) is 24.2. The first-order valence-corrected chi connectivity index (χ1v) is 12.8. The molecule has 0 aromatic heterocycles. The molecule has 0 spiro atoms. The molecule has 0 unspecified atom stereocenters. The summed E-state index contributed by atoms with van der Waals surface area (Å²) >= 11 is 3.50. The van der Waals surface area contributed by atoms with Crippen molar-refractivity contribution in [2.45, 2.75) is 19.7 Å². The van der Waals surface area contributed by atoms with Crippen LogP contribution in [0.3, 0.4) is 0 Å². The van der Waals surface area contributed by atoms with Gasteiger partial charge in [0.2, 0.25) is 0 Å². The second-order valence-corrected chi connectivity index (χ2v) is 9.27. The lowest BCUT2D eigenvalue weighted by atomic mass is 10.1. The van der Waals surface area contributed by atoms with Gasteiger partial charge in [-0.25, -0.2) is 5.43 Å². The first kappa shape index (κ1) is 28.6. The molecule has 11 heteroatoms. The summed E-state index contributed by atoms with van der Waals surface area (Å²) < 4.78 is 50.5. The second-order valence-electron chi connectivity index (χ2n) is 8.42. The third-order valence-electron chi connectivity index (χ3n) is 5.64. The summed E-state index contributed by atoms with van der Waals surface area (Å²) in [6, 6.07) is 21.1. The van der Waals surface area contributed by atoms with Crippen LogP contribution in [0.4, 0.5) is 18.9 Å². The lowest BCUT2D eigenvalue weighted by molar-refractivity contribution is -0.137. The molecule has 7 nitrogen and oxygen atoms in total. The van der Waals surface area contributed by atoms with Gasteiger partial charge in [-0.05, 0) is 81.2 Å². The molecule has 0 bridgehead atoms. The maximum absolute atomic E-state index is 12.7. The van der Waals surface area contributed by atoms with Crippen LogP contribution in [0, 0.1) is 0 Å². The van der Waals surface area contributed by atoms with E-state index in [0.29, 0.717) is 34.7 Å². The summed E-state index contributed by atoms with van der Waals surface area (Å²) in [6.07, 6.45) is -3.20. The zero-order valence-corrected chi connectivity index (χ0v) is 22.7. The zero-order valence-electron chi connectivity index (χ0n) is 21.1. The van der Waals surface area contributed by atoms with E-state index >= 15 is 0 Å². The number of anilines is 1. The van der Waals surface area contributed by atoms with Crippen molar-refractivity contribution in [3.63, 3.8) is 0 Å². The van der Waals surface area contributed by atoms with Gasteiger partial charge < -0.3 is 14.8 Å². The minimum atomic E-state index is -4.51. The van der Waals surface area contributed by atoms with Crippen molar-refractivity contribution in [1.29, 1.82) is 0 Å². The van der Waals surface area contributed by atoms with Crippen molar-refractivity contribution >= 4 is 50.4 Å². The largest absolute Gasteiger partial charge is 0.490 e. The Morgan fingerprint density at radius 3 is 2.40 bits per heavy atom. The third-order valence-corrected chi connectivity index (χ3v) is 6.23. The Morgan fingerprint density at radius 2 is 1.68 bits per heavy atom. The number of rotatable bonds is 8. The lowest BCUT2D eigenvalue weighted by Gasteiger charge is -2.15. The highest BCUT2D eigenvalue weighted by molar-refractivity contribution is 9.10. The Kier molecular flexibility index (Phi) is 9.05. The number of amides is 2. The van der Waals surface area contributed by atoms with Crippen molar-refractivity contribution in [2.75, 3.05) is 11.9 Å². The molecule has 4 rings (SSSR count). The van der Waals surface area contributed by atoms with Crippen LogP contribution < -0.4 is 20.2 Å². The lowest BCUT2D eigenvalue weighted by Crippen LogP contribution is -2.32. The topological polar surface area (TPSA) is 89.0 Å². The fraction of sp³-hybridized carbons (Fsp3) is 0.138. The molecule has 2 N–H and O–H groups in total. The van der Waals surface area contributed by atoms with Crippen LogP contribution in [0.25, 0.3) is 10.8 Å². The highest BCUT2D eigenvalue weighted by atomic mass is 79.9. The summed E-state index contributed by atoms with van der Waals surface area (Å²) in [7, 11) is 0. The first-order chi connectivity index (χ1) is 19.2. The zero-order chi connectivity index (χ0) is 28.7. The average Bonchev–Trinajstić information content (AvgIpc) is 2.92. The predicted octanol–water partition coefficient (Wildman–Crippen LogP) is 6.69. The van der Waals surface area contributed by atoms with Gasteiger partial charge in [0.25, 0.3) is 0 Å². The predicted molar refractivity (Wildman–Crippen MR) is 149 cm³/mol. The van der Waals surface area contributed by atoms with Crippen LogP contribution in [-0.4, -0.2) is 24.6 Å². The van der Waals surface area contributed by atoms with Crippen LogP contribution in [-0.2, 0) is 22.4 Å². The molecule has 0 aliphatic rings. The van der Waals surface area contributed by atoms with Crippen LogP contribution in [0.15, 0.2) is 88.4 Å². The average molecular weight is 614 g/mol. The van der Waals surface area contributed by atoms with Crippen molar-refractivity contribution in [2.24, 2.45) is 5.10 Å². The third kappa shape index (κ3) is 7.17. The van der Waals surface area contributed by atoms with Crippen LogP contribution in [0.5, 0.6) is 11.5 Å². The summed E-state index contributed by atoms with van der Waals surface area (Å²) in [5.74, 6) is -1.25. The molecule has 206 valence electrons. The normalized spacial score (nSPS) is 11.4. The Labute approximate surface area is 236 Å². The van der Waals surface area contributed by atoms with E-state index < -0.39 is 23.6 Å². The van der Waals surface area contributed by atoms with Crippen molar-refractivity contribution in [3.8, 4) is 11.5 Å². The van der Waals surface area contributed by atoms with E-state index in [0.717, 1.165) is 40.6 Å². The number of hydrogen-bond acceptors (Lipinski definition) is 5. The number of nitrogens with one attached hydrogen (secondary N) is 2.